The standard InChI is InChI=1S/C24H21F3N2O4/c1-3-28-23(31)20(29-22(30)15-7-9-18(32-2)10-8-15)14-19-11-12-21(33-19)16-5-4-6-17(13-16)24(25,26)27/h4-14H,3H2,1-2H3,(H,28,31)(H,29,30)/b20-14-. The summed E-state index contributed by atoms with van der Waals surface area (Å²) in [5, 5.41) is 5.14. The Morgan fingerprint density at radius 3 is 2.42 bits per heavy atom. The third-order valence-corrected chi connectivity index (χ3v) is 4.57. The van der Waals surface area contributed by atoms with Gasteiger partial charge < -0.3 is 19.8 Å². The van der Waals surface area contributed by atoms with Crippen LogP contribution in [0.3, 0.4) is 0 Å². The van der Waals surface area contributed by atoms with E-state index in [9.17, 15) is 22.8 Å². The van der Waals surface area contributed by atoms with Gasteiger partial charge in [-0.15, -0.1) is 0 Å². The number of likely N-dealkylation sites (N-methyl/N-ethyl adjacent to an activating group) is 1. The van der Waals surface area contributed by atoms with Crippen LogP contribution in [0, 0.1) is 0 Å². The number of hydrogen-bond donors (Lipinski definition) is 2. The largest absolute Gasteiger partial charge is 0.497 e. The van der Waals surface area contributed by atoms with Gasteiger partial charge in [0.05, 0.1) is 12.7 Å². The molecule has 2 aromatic carbocycles. The Morgan fingerprint density at radius 1 is 1.06 bits per heavy atom. The molecule has 0 fully saturated rings. The topological polar surface area (TPSA) is 80.6 Å². The van der Waals surface area contributed by atoms with Crippen LogP contribution in [0.15, 0.2) is 70.8 Å². The van der Waals surface area contributed by atoms with Crippen molar-refractivity contribution < 1.29 is 31.9 Å². The number of benzene rings is 2. The molecule has 0 aliphatic rings. The average Bonchev–Trinajstić information content (AvgIpc) is 3.27. The van der Waals surface area contributed by atoms with Crippen molar-refractivity contribution in [1.29, 1.82) is 0 Å². The van der Waals surface area contributed by atoms with Crippen LogP contribution >= 0.6 is 0 Å². The van der Waals surface area contributed by atoms with E-state index in [0.29, 0.717) is 17.9 Å². The smallest absolute Gasteiger partial charge is 0.416 e. The number of furan rings is 1. The minimum Gasteiger partial charge on any atom is -0.497 e. The van der Waals surface area contributed by atoms with Crippen molar-refractivity contribution in [2.75, 3.05) is 13.7 Å². The fourth-order valence-electron chi connectivity index (χ4n) is 2.93. The summed E-state index contributed by atoms with van der Waals surface area (Å²) >= 11 is 0. The van der Waals surface area contributed by atoms with Crippen molar-refractivity contribution >= 4 is 17.9 Å². The van der Waals surface area contributed by atoms with E-state index in [-0.39, 0.29) is 22.8 Å². The molecule has 6 nitrogen and oxygen atoms in total. The first kappa shape index (κ1) is 23.6. The van der Waals surface area contributed by atoms with Gasteiger partial charge in [0, 0.05) is 23.7 Å². The van der Waals surface area contributed by atoms with Gasteiger partial charge >= 0.3 is 6.18 Å². The predicted octanol–water partition coefficient (Wildman–Crippen LogP) is 4.88. The Balaban J connectivity index is 1.87. The Labute approximate surface area is 188 Å². The molecule has 0 atom stereocenters. The Bertz CT molecular complexity index is 1160. The van der Waals surface area contributed by atoms with E-state index in [0.717, 1.165) is 12.1 Å². The summed E-state index contributed by atoms with van der Waals surface area (Å²) in [7, 11) is 1.50. The first-order valence-corrected chi connectivity index (χ1v) is 9.94. The van der Waals surface area contributed by atoms with Crippen LogP contribution in [0.4, 0.5) is 13.2 Å². The number of halogens is 3. The molecule has 2 N–H and O–H groups in total. The number of nitrogens with one attached hydrogen (secondary N) is 2. The average molecular weight is 458 g/mol. The number of hydrogen-bond acceptors (Lipinski definition) is 4. The number of carbonyl (C=O) groups excluding carboxylic acids is 2. The molecule has 0 spiro atoms. The number of alkyl halides is 3. The van der Waals surface area contributed by atoms with Crippen LogP contribution in [0.1, 0.15) is 28.6 Å². The number of rotatable bonds is 7. The Morgan fingerprint density at radius 2 is 1.79 bits per heavy atom. The molecule has 3 aromatic rings. The predicted molar refractivity (Wildman–Crippen MR) is 116 cm³/mol. The molecule has 0 aliphatic carbocycles. The lowest BCUT2D eigenvalue weighted by molar-refractivity contribution is -0.137. The third kappa shape index (κ3) is 6.03. The lowest BCUT2D eigenvalue weighted by Crippen LogP contribution is -2.34. The van der Waals surface area contributed by atoms with E-state index in [1.807, 2.05) is 0 Å². The van der Waals surface area contributed by atoms with Crippen LogP contribution in [0.2, 0.25) is 0 Å². The van der Waals surface area contributed by atoms with Crippen molar-refractivity contribution in [3.8, 4) is 17.1 Å². The highest BCUT2D eigenvalue weighted by atomic mass is 19.4. The zero-order valence-corrected chi connectivity index (χ0v) is 17.8. The summed E-state index contributed by atoms with van der Waals surface area (Å²) in [6, 6.07) is 14.0. The lowest BCUT2D eigenvalue weighted by Gasteiger charge is -2.10. The summed E-state index contributed by atoms with van der Waals surface area (Å²) in [5.74, 6) is -0.136. The van der Waals surface area contributed by atoms with Gasteiger partial charge in [0.25, 0.3) is 11.8 Å². The second-order valence-electron chi connectivity index (χ2n) is 6.88. The number of ether oxygens (including phenoxy) is 1. The highest BCUT2D eigenvalue weighted by Gasteiger charge is 2.30. The first-order valence-electron chi connectivity index (χ1n) is 9.94. The molecule has 2 amide bonds. The fraction of sp³-hybridized carbons (Fsp3) is 0.167. The summed E-state index contributed by atoms with van der Waals surface area (Å²) in [4.78, 5) is 25.1. The molecule has 0 saturated heterocycles. The first-order chi connectivity index (χ1) is 15.7. The van der Waals surface area contributed by atoms with E-state index in [1.54, 1.807) is 31.2 Å². The van der Waals surface area contributed by atoms with Gasteiger partial charge in [0.15, 0.2) is 0 Å². The highest BCUT2D eigenvalue weighted by Crippen LogP contribution is 2.32. The molecule has 0 unspecified atom stereocenters. The van der Waals surface area contributed by atoms with Crippen LogP contribution < -0.4 is 15.4 Å². The minimum absolute atomic E-state index is 0.0809. The van der Waals surface area contributed by atoms with E-state index >= 15 is 0 Å². The highest BCUT2D eigenvalue weighted by molar-refractivity contribution is 6.05. The SMILES string of the molecule is CCNC(=O)/C(=C/c1ccc(-c2cccc(C(F)(F)F)c2)o1)NC(=O)c1ccc(OC)cc1. The van der Waals surface area contributed by atoms with E-state index in [1.165, 1.54) is 37.5 Å². The van der Waals surface area contributed by atoms with E-state index in [4.69, 9.17) is 9.15 Å². The normalized spacial score (nSPS) is 11.7. The van der Waals surface area contributed by atoms with Gasteiger partial charge in [0.1, 0.15) is 23.0 Å². The zero-order chi connectivity index (χ0) is 24.0. The molecule has 0 aliphatic heterocycles. The van der Waals surface area contributed by atoms with Gasteiger partial charge in [-0.1, -0.05) is 12.1 Å². The van der Waals surface area contributed by atoms with Gasteiger partial charge in [-0.25, -0.2) is 0 Å². The van der Waals surface area contributed by atoms with Crippen molar-refractivity contribution in [1.82, 2.24) is 10.6 Å². The molecule has 9 heteroatoms. The van der Waals surface area contributed by atoms with Gasteiger partial charge in [-0.3, -0.25) is 9.59 Å². The molecule has 172 valence electrons. The summed E-state index contributed by atoms with van der Waals surface area (Å²) in [6.07, 6.45) is -3.17. The van der Waals surface area contributed by atoms with Crippen LogP contribution in [-0.4, -0.2) is 25.5 Å². The number of amides is 2. The Kier molecular flexibility index (Phi) is 7.22. The van der Waals surface area contributed by atoms with Crippen molar-refractivity contribution in [2.24, 2.45) is 0 Å². The van der Waals surface area contributed by atoms with Gasteiger partial charge in [-0.05, 0) is 55.5 Å². The second kappa shape index (κ2) is 10.1. The molecule has 33 heavy (non-hydrogen) atoms. The van der Waals surface area contributed by atoms with Crippen molar-refractivity contribution in [2.45, 2.75) is 13.1 Å². The second-order valence-corrected chi connectivity index (χ2v) is 6.88. The van der Waals surface area contributed by atoms with E-state index in [2.05, 4.69) is 10.6 Å². The van der Waals surface area contributed by atoms with Crippen molar-refractivity contribution in [3.05, 3.63) is 83.2 Å². The quantitative estimate of drug-likeness (QED) is 0.495. The molecule has 0 radical (unpaired) electrons. The van der Waals surface area contributed by atoms with Crippen LogP contribution in [0.5, 0.6) is 5.75 Å². The number of carbonyl (C=O) groups is 2. The summed E-state index contributed by atoms with van der Waals surface area (Å²) in [6.45, 7) is 2.04. The maximum absolute atomic E-state index is 13.0. The maximum atomic E-state index is 13.0. The van der Waals surface area contributed by atoms with E-state index < -0.39 is 23.6 Å². The summed E-state index contributed by atoms with van der Waals surface area (Å²) < 4.78 is 49.7. The minimum atomic E-state index is -4.48. The zero-order valence-electron chi connectivity index (χ0n) is 17.8. The molecule has 1 heterocycles. The lowest BCUT2D eigenvalue weighted by atomic mass is 10.1. The summed E-state index contributed by atoms with van der Waals surface area (Å²) in [5.41, 5.74) is -0.354. The molecule has 1 aromatic heterocycles. The molecular formula is C24H21F3N2O4. The fourth-order valence-corrected chi connectivity index (χ4v) is 2.93. The van der Waals surface area contributed by atoms with Crippen LogP contribution in [-0.2, 0) is 11.0 Å². The van der Waals surface area contributed by atoms with Crippen LogP contribution in [0.25, 0.3) is 17.4 Å². The monoisotopic (exact) mass is 458 g/mol. The Hall–Kier alpha value is -4.01. The van der Waals surface area contributed by atoms with Crippen molar-refractivity contribution in [3.63, 3.8) is 0 Å². The maximum Gasteiger partial charge on any atom is 0.416 e. The number of methoxy groups -OCH3 is 1. The van der Waals surface area contributed by atoms with Gasteiger partial charge in [-0.2, -0.15) is 13.2 Å². The third-order valence-electron chi connectivity index (χ3n) is 4.57. The van der Waals surface area contributed by atoms with Gasteiger partial charge in [0.2, 0.25) is 0 Å². The molecule has 3 rings (SSSR count). The molecular weight excluding hydrogens is 437 g/mol. The molecule has 0 bridgehead atoms. The molecule has 0 saturated carbocycles.